The zero-order valence-corrected chi connectivity index (χ0v) is 21.1. The van der Waals surface area contributed by atoms with Crippen LogP contribution in [0.5, 0.6) is 5.75 Å². The lowest BCUT2D eigenvalue weighted by atomic mass is 10.2. The van der Waals surface area contributed by atoms with Gasteiger partial charge in [-0.1, -0.05) is 17.4 Å². The molecule has 35 heavy (non-hydrogen) atoms. The molecule has 182 valence electrons. The summed E-state index contributed by atoms with van der Waals surface area (Å²) in [6.45, 7) is 3.23. The van der Waals surface area contributed by atoms with Gasteiger partial charge in [-0.05, 0) is 67.8 Å². The molecule has 0 saturated carbocycles. The monoisotopic (exact) mass is 511 g/mol. The molecular formula is C25H25N3O5S2. The number of carbonyl (C=O) groups excluding carboxylic acids is 1. The first-order valence-corrected chi connectivity index (χ1v) is 13.5. The lowest BCUT2D eigenvalue weighted by Crippen LogP contribution is -2.30. The van der Waals surface area contributed by atoms with Gasteiger partial charge in [0.2, 0.25) is 10.0 Å². The van der Waals surface area contributed by atoms with Crippen LogP contribution in [-0.4, -0.2) is 43.8 Å². The van der Waals surface area contributed by atoms with Gasteiger partial charge >= 0.3 is 0 Å². The Hall–Kier alpha value is -3.21. The lowest BCUT2D eigenvalue weighted by molar-refractivity contribution is 0.0983. The van der Waals surface area contributed by atoms with Crippen LogP contribution in [0.1, 0.15) is 34.5 Å². The molecule has 5 rings (SSSR count). The van der Waals surface area contributed by atoms with Crippen LogP contribution in [0.4, 0.5) is 5.13 Å². The number of aryl methyl sites for hydroxylation is 1. The van der Waals surface area contributed by atoms with Crippen molar-refractivity contribution in [3.8, 4) is 5.75 Å². The molecule has 4 aromatic rings. The van der Waals surface area contributed by atoms with Gasteiger partial charge in [0.15, 0.2) is 5.13 Å². The van der Waals surface area contributed by atoms with Crippen LogP contribution < -0.4 is 9.64 Å². The minimum Gasteiger partial charge on any atom is -0.494 e. The van der Waals surface area contributed by atoms with E-state index in [4.69, 9.17) is 14.1 Å². The molecule has 0 bridgehead atoms. The summed E-state index contributed by atoms with van der Waals surface area (Å²) in [5.74, 6) is 0.937. The van der Waals surface area contributed by atoms with Crippen LogP contribution in [0, 0.1) is 6.92 Å². The van der Waals surface area contributed by atoms with Crippen LogP contribution >= 0.6 is 11.3 Å². The number of thiazole rings is 1. The lowest BCUT2D eigenvalue weighted by Gasteiger charge is -2.19. The maximum Gasteiger partial charge on any atom is 0.260 e. The molecule has 0 spiro atoms. The van der Waals surface area contributed by atoms with Crippen LogP contribution in [0.25, 0.3) is 10.2 Å². The average Bonchev–Trinajstić information content (AvgIpc) is 3.64. The standard InChI is InChI=1S/C25H25N3O5S2/c1-17-7-12-21(32-2)22-23(17)34-25(26-22)28(16-19-6-5-15-33-19)24(29)18-8-10-20(11-9-18)35(30,31)27-13-3-4-14-27/h5-12,15H,3-4,13-14,16H2,1-2H3. The summed E-state index contributed by atoms with van der Waals surface area (Å²) in [7, 11) is -1.97. The van der Waals surface area contributed by atoms with Crippen molar-refractivity contribution < 1.29 is 22.4 Å². The van der Waals surface area contributed by atoms with Gasteiger partial charge in [-0.15, -0.1) is 0 Å². The fourth-order valence-electron chi connectivity index (χ4n) is 4.17. The second-order valence-electron chi connectivity index (χ2n) is 8.37. The van der Waals surface area contributed by atoms with Crippen LogP contribution in [0.3, 0.4) is 0 Å². The summed E-state index contributed by atoms with van der Waals surface area (Å²) < 4.78 is 39.2. The maximum absolute atomic E-state index is 13.7. The Morgan fingerprint density at radius 3 is 2.54 bits per heavy atom. The van der Waals surface area contributed by atoms with E-state index in [0.29, 0.717) is 40.8 Å². The van der Waals surface area contributed by atoms with Gasteiger partial charge in [0.05, 0.1) is 29.5 Å². The summed E-state index contributed by atoms with van der Waals surface area (Å²) in [6, 6.07) is 13.5. The molecule has 1 saturated heterocycles. The zero-order chi connectivity index (χ0) is 24.6. The Labute approximate surface area is 207 Å². The maximum atomic E-state index is 13.7. The first-order chi connectivity index (χ1) is 16.9. The molecule has 0 N–H and O–H groups in total. The number of fused-ring (bicyclic) bond motifs is 1. The number of sulfonamides is 1. The third kappa shape index (κ3) is 4.44. The third-order valence-corrected chi connectivity index (χ3v) is 9.21. The number of hydrogen-bond donors (Lipinski definition) is 0. The van der Waals surface area contributed by atoms with E-state index in [1.54, 1.807) is 42.5 Å². The Balaban J connectivity index is 1.51. The fourth-order valence-corrected chi connectivity index (χ4v) is 6.73. The van der Waals surface area contributed by atoms with E-state index in [1.165, 1.54) is 27.8 Å². The summed E-state index contributed by atoms with van der Waals surface area (Å²) >= 11 is 1.40. The van der Waals surface area contributed by atoms with Crippen molar-refractivity contribution in [2.24, 2.45) is 0 Å². The second-order valence-corrected chi connectivity index (χ2v) is 11.3. The molecule has 1 amide bonds. The van der Waals surface area contributed by atoms with Gasteiger partial charge < -0.3 is 9.15 Å². The highest BCUT2D eigenvalue weighted by atomic mass is 32.2. The largest absolute Gasteiger partial charge is 0.494 e. The molecule has 2 aromatic carbocycles. The van der Waals surface area contributed by atoms with Gasteiger partial charge in [-0.3, -0.25) is 9.69 Å². The predicted octanol–water partition coefficient (Wildman–Crippen LogP) is 4.84. The number of carbonyl (C=O) groups is 1. The highest BCUT2D eigenvalue weighted by molar-refractivity contribution is 7.89. The Bertz CT molecular complexity index is 1460. The Kier molecular flexibility index (Phi) is 6.35. The SMILES string of the molecule is COc1ccc(C)c2sc(N(Cc3ccco3)C(=O)c3ccc(S(=O)(=O)N4CCCC4)cc3)nc12. The number of amides is 1. The molecule has 0 atom stereocenters. The van der Waals surface area contributed by atoms with Crippen molar-refractivity contribution in [1.82, 2.24) is 9.29 Å². The number of furan rings is 1. The topological polar surface area (TPSA) is 92.9 Å². The number of anilines is 1. The molecule has 0 radical (unpaired) electrons. The highest BCUT2D eigenvalue weighted by Gasteiger charge is 2.28. The van der Waals surface area contributed by atoms with E-state index in [-0.39, 0.29) is 17.3 Å². The van der Waals surface area contributed by atoms with Gasteiger partial charge in [-0.2, -0.15) is 4.31 Å². The first-order valence-electron chi connectivity index (χ1n) is 11.3. The number of nitrogens with zero attached hydrogens (tertiary/aromatic N) is 3. The Morgan fingerprint density at radius 1 is 1.14 bits per heavy atom. The average molecular weight is 512 g/mol. The number of aromatic nitrogens is 1. The summed E-state index contributed by atoms with van der Waals surface area (Å²) in [6.07, 6.45) is 3.29. The minimum absolute atomic E-state index is 0.181. The molecule has 3 heterocycles. The number of ether oxygens (including phenoxy) is 1. The molecule has 0 aliphatic carbocycles. The van der Waals surface area contributed by atoms with E-state index in [0.717, 1.165) is 23.1 Å². The van der Waals surface area contributed by atoms with Gasteiger partial charge in [0, 0.05) is 18.7 Å². The van der Waals surface area contributed by atoms with E-state index < -0.39 is 10.0 Å². The molecule has 1 aliphatic rings. The normalized spacial score (nSPS) is 14.5. The van der Waals surface area contributed by atoms with Crippen molar-refractivity contribution in [1.29, 1.82) is 0 Å². The molecule has 10 heteroatoms. The van der Waals surface area contributed by atoms with Gasteiger partial charge in [-0.25, -0.2) is 13.4 Å². The molecule has 1 aliphatic heterocycles. The van der Waals surface area contributed by atoms with Crippen molar-refractivity contribution in [2.45, 2.75) is 31.2 Å². The predicted molar refractivity (Wildman–Crippen MR) is 135 cm³/mol. The number of hydrogen-bond acceptors (Lipinski definition) is 7. The van der Waals surface area contributed by atoms with Crippen molar-refractivity contribution >= 4 is 42.6 Å². The number of rotatable bonds is 7. The third-order valence-electron chi connectivity index (χ3n) is 6.09. The van der Waals surface area contributed by atoms with Crippen molar-refractivity contribution in [2.75, 3.05) is 25.1 Å². The summed E-state index contributed by atoms with van der Waals surface area (Å²) in [5.41, 5.74) is 2.09. The first kappa shape index (κ1) is 23.5. The molecule has 8 nitrogen and oxygen atoms in total. The highest BCUT2D eigenvalue weighted by Crippen LogP contribution is 2.37. The van der Waals surface area contributed by atoms with E-state index in [9.17, 15) is 13.2 Å². The minimum atomic E-state index is -3.56. The van der Waals surface area contributed by atoms with Gasteiger partial charge in [0.25, 0.3) is 5.91 Å². The van der Waals surface area contributed by atoms with Crippen LogP contribution in [-0.2, 0) is 16.6 Å². The van der Waals surface area contributed by atoms with Crippen molar-refractivity contribution in [3.63, 3.8) is 0 Å². The van der Waals surface area contributed by atoms with Crippen molar-refractivity contribution in [3.05, 3.63) is 71.7 Å². The summed E-state index contributed by atoms with van der Waals surface area (Å²) in [4.78, 5) is 20.1. The van der Waals surface area contributed by atoms with Gasteiger partial charge in [0.1, 0.15) is 17.0 Å². The second kappa shape index (κ2) is 9.44. The molecule has 1 fully saturated rings. The van der Waals surface area contributed by atoms with E-state index in [1.807, 2.05) is 19.1 Å². The van der Waals surface area contributed by atoms with E-state index >= 15 is 0 Å². The van der Waals surface area contributed by atoms with E-state index in [2.05, 4.69) is 0 Å². The summed E-state index contributed by atoms with van der Waals surface area (Å²) in [5, 5.41) is 0.503. The molecule has 2 aromatic heterocycles. The molecule has 0 unspecified atom stereocenters. The van der Waals surface area contributed by atoms with Crippen LogP contribution in [0.2, 0.25) is 0 Å². The fraction of sp³-hybridized carbons (Fsp3) is 0.280. The zero-order valence-electron chi connectivity index (χ0n) is 19.4. The quantitative estimate of drug-likeness (QED) is 0.353. The smallest absolute Gasteiger partial charge is 0.260 e. The van der Waals surface area contributed by atoms with Crippen LogP contribution in [0.15, 0.2) is 64.1 Å². The molecular weight excluding hydrogens is 486 g/mol. The number of methoxy groups -OCH3 is 1. The Morgan fingerprint density at radius 2 is 1.89 bits per heavy atom. The number of benzene rings is 2.